The van der Waals surface area contributed by atoms with Gasteiger partial charge in [0.15, 0.2) is 0 Å². The highest BCUT2D eigenvalue weighted by molar-refractivity contribution is 14.2. The number of fused-ring (bicyclic) bond motifs is 1. The van der Waals surface area contributed by atoms with Gasteiger partial charge in [0.05, 0.1) is 29.3 Å². The molecule has 200 valence electrons. The molecule has 0 radical (unpaired) electrons. The molecule has 0 bridgehead atoms. The van der Waals surface area contributed by atoms with Crippen molar-refractivity contribution in [3.63, 3.8) is 0 Å². The molecule has 0 aliphatic carbocycles. The molecule has 0 spiro atoms. The monoisotopic (exact) mass is 700 g/mol. The highest BCUT2D eigenvalue weighted by Crippen LogP contribution is 2.50. The van der Waals surface area contributed by atoms with E-state index in [0.29, 0.717) is 36.0 Å². The predicted octanol–water partition coefficient (Wildman–Crippen LogP) is 8.23. The maximum Gasteiger partial charge on any atom is 0.244 e. The molecule has 2 aliphatic rings. The summed E-state index contributed by atoms with van der Waals surface area (Å²) in [6.07, 6.45) is 1.04. The Balaban J connectivity index is 1.68. The Morgan fingerprint density at radius 2 is 1.63 bits per heavy atom. The van der Waals surface area contributed by atoms with Gasteiger partial charge < -0.3 is 4.74 Å². The molecule has 5 rings (SSSR count). The van der Waals surface area contributed by atoms with E-state index in [9.17, 15) is 8.42 Å². The van der Waals surface area contributed by atoms with E-state index in [4.69, 9.17) is 27.9 Å². The number of benzene rings is 3. The van der Waals surface area contributed by atoms with Gasteiger partial charge in [0.25, 0.3) is 0 Å². The van der Waals surface area contributed by atoms with Crippen LogP contribution < -0.4 is 0 Å². The third kappa shape index (κ3) is 5.64. The van der Waals surface area contributed by atoms with Crippen LogP contribution in [-0.4, -0.2) is 36.2 Å². The molecule has 3 aromatic rings. The summed E-state index contributed by atoms with van der Waals surface area (Å²) in [6.45, 7) is 3.07. The zero-order valence-electron chi connectivity index (χ0n) is 20.6. The minimum Gasteiger partial charge on any atom is -0.498 e. The first-order valence-corrected chi connectivity index (χ1v) is 17.8. The predicted molar refractivity (Wildman–Crippen MR) is 164 cm³/mol. The van der Waals surface area contributed by atoms with E-state index >= 15 is 0 Å². The molecule has 2 heterocycles. The summed E-state index contributed by atoms with van der Waals surface area (Å²) in [5.74, 6) is 0.883. The van der Waals surface area contributed by atoms with Gasteiger partial charge >= 0.3 is 0 Å². The van der Waals surface area contributed by atoms with Crippen molar-refractivity contribution in [2.45, 2.75) is 42.8 Å². The zero-order valence-corrected chi connectivity index (χ0v) is 25.9. The fraction of sp³-hybridized carbons (Fsp3) is 0.286. The van der Waals surface area contributed by atoms with Crippen LogP contribution in [0.1, 0.15) is 43.0 Å². The Bertz CT molecular complexity index is 1420. The highest BCUT2D eigenvalue weighted by Gasteiger charge is 2.49. The van der Waals surface area contributed by atoms with Gasteiger partial charge in [0, 0.05) is 55.8 Å². The molecule has 3 atom stereocenters. The zero-order chi connectivity index (χ0) is 26.9. The molecular weight excluding hydrogens is 674 g/mol. The Labute approximate surface area is 250 Å². The van der Waals surface area contributed by atoms with E-state index in [2.05, 4.69) is 31.6 Å². The quantitative estimate of drug-likeness (QED) is 0.184. The van der Waals surface area contributed by atoms with E-state index in [-0.39, 0.29) is 17.0 Å². The van der Waals surface area contributed by atoms with Crippen molar-refractivity contribution in [3.8, 4) is 0 Å². The Kier molecular flexibility index (Phi) is 8.99. The summed E-state index contributed by atoms with van der Waals surface area (Å²) >= 11 is 14.8. The van der Waals surface area contributed by atoms with E-state index in [1.54, 1.807) is 37.7 Å². The van der Waals surface area contributed by atoms with Gasteiger partial charge in [0.2, 0.25) is 10.0 Å². The largest absolute Gasteiger partial charge is 0.498 e. The van der Waals surface area contributed by atoms with Crippen molar-refractivity contribution in [1.82, 2.24) is 8.61 Å². The van der Waals surface area contributed by atoms with Crippen LogP contribution in [0.4, 0.5) is 0 Å². The SMILES string of the molecule is CCOC1=C2CN(SI)[C@H](c3cccc(Cl)c3)C[C@@H]2N(S(=O)(=O)c2ccc(Cl)cc2)[C@H](c2ccccc2)C1. The second-order valence-corrected chi connectivity index (χ2v) is 13.8. The van der Waals surface area contributed by atoms with Gasteiger partial charge in [-0.25, -0.2) is 12.7 Å². The van der Waals surface area contributed by atoms with E-state index in [1.807, 2.05) is 55.5 Å². The van der Waals surface area contributed by atoms with Gasteiger partial charge in [-0.15, -0.1) is 0 Å². The number of ether oxygens (including phenoxy) is 1. The van der Waals surface area contributed by atoms with E-state index in [1.165, 1.54) is 0 Å². The minimum absolute atomic E-state index is 0.0373. The lowest BCUT2D eigenvalue weighted by molar-refractivity contribution is 0.121. The van der Waals surface area contributed by atoms with Crippen molar-refractivity contribution in [1.29, 1.82) is 0 Å². The molecule has 0 amide bonds. The van der Waals surface area contributed by atoms with Crippen LogP contribution in [0.5, 0.6) is 0 Å². The smallest absolute Gasteiger partial charge is 0.244 e. The molecule has 3 aromatic carbocycles. The van der Waals surface area contributed by atoms with Crippen molar-refractivity contribution in [3.05, 3.63) is 111 Å². The first-order valence-electron chi connectivity index (χ1n) is 12.3. The molecular formula is C28H27Cl2IN2O3S2. The maximum absolute atomic E-state index is 14.4. The highest BCUT2D eigenvalue weighted by atomic mass is 127. The molecule has 2 aliphatic heterocycles. The third-order valence-electron chi connectivity index (χ3n) is 7.09. The molecule has 5 nitrogen and oxygen atoms in total. The number of sulfonamides is 1. The molecule has 10 heteroatoms. The number of rotatable bonds is 7. The molecule has 1 saturated heterocycles. The summed E-state index contributed by atoms with van der Waals surface area (Å²) in [4.78, 5) is 0.229. The van der Waals surface area contributed by atoms with Crippen molar-refractivity contribution >= 4 is 63.5 Å². The summed E-state index contributed by atoms with van der Waals surface area (Å²) in [5.41, 5.74) is 3.01. The van der Waals surface area contributed by atoms with Gasteiger partial charge in [-0.3, -0.25) is 0 Å². The van der Waals surface area contributed by atoms with Gasteiger partial charge in [-0.2, -0.15) is 4.31 Å². The average molecular weight is 701 g/mol. The first kappa shape index (κ1) is 28.3. The third-order valence-corrected chi connectivity index (χ3v) is 11.6. The lowest BCUT2D eigenvalue weighted by atomic mass is 9.84. The van der Waals surface area contributed by atoms with Crippen molar-refractivity contribution < 1.29 is 13.2 Å². The molecule has 0 unspecified atom stereocenters. The second-order valence-electron chi connectivity index (χ2n) is 9.27. The summed E-state index contributed by atoms with van der Waals surface area (Å²) < 4.78 is 39.1. The summed E-state index contributed by atoms with van der Waals surface area (Å²) in [7, 11) is -2.27. The lowest BCUT2D eigenvalue weighted by Crippen LogP contribution is -2.52. The lowest BCUT2D eigenvalue weighted by Gasteiger charge is -2.49. The topological polar surface area (TPSA) is 49.9 Å². The number of halogens is 3. The summed E-state index contributed by atoms with van der Waals surface area (Å²) in [6, 6.07) is 23.3. The molecule has 1 fully saturated rings. The Hall–Kier alpha value is -1.27. The van der Waals surface area contributed by atoms with Crippen molar-refractivity contribution in [2.24, 2.45) is 0 Å². The Morgan fingerprint density at radius 3 is 2.29 bits per heavy atom. The van der Waals surface area contributed by atoms with Crippen LogP contribution in [0.2, 0.25) is 10.0 Å². The van der Waals surface area contributed by atoms with Gasteiger partial charge in [-0.05, 0) is 70.0 Å². The average Bonchev–Trinajstić information content (AvgIpc) is 2.93. The van der Waals surface area contributed by atoms with E-state index in [0.717, 1.165) is 22.5 Å². The summed E-state index contributed by atoms with van der Waals surface area (Å²) in [5, 5.41) is 1.16. The first-order chi connectivity index (χ1) is 18.3. The van der Waals surface area contributed by atoms with Crippen LogP contribution in [-0.2, 0) is 14.8 Å². The standard InChI is InChI=1S/C28H27Cl2IN2O3S2/c1-2-36-28-17-26(19-7-4-3-5-8-19)33(38(34,35)23-13-11-21(29)12-14-23)27-16-25(32(37-31)18-24(27)28)20-9-6-10-22(30)15-20/h3-15,25-27H,2,16-18H2,1H3/t25-,26-,27-/m0/s1. The number of hydrogen-bond donors (Lipinski definition) is 0. The number of hydrogen-bond acceptors (Lipinski definition) is 5. The normalized spacial score (nSPS) is 22.8. The fourth-order valence-corrected chi connectivity index (χ4v) is 9.28. The van der Waals surface area contributed by atoms with Crippen molar-refractivity contribution in [2.75, 3.05) is 13.2 Å². The van der Waals surface area contributed by atoms with Crippen LogP contribution in [0.25, 0.3) is 0 Å². The van der Waals surface area contributed by atoms with E-state index < -0.39 is 16.1 Å². The second kappa shape index (κ2) is 12.1. The van der Waals surface area contributed by atoms with Gasteiger partial charge in [-0.1, -0.05) is 65.7 Å². The molecule has 38 heavy (non-hydrogen) atoms. The Morgan fingerprint density at radius 1 is 0.921 bits per heavy atom. The van der Waals surface area contributed by atoms with Crippen LogP contribution in [0.3, 0.4) is 0 Å². The fourth-order valence-electron chi connectivity index (χ4n) is 5.42. The van der Waals surface area contributed by atoms with Crippen LogP contribution >= 0.6 is 53.5 Å². The van der Waals surface area contributed by atoms with Crippen LogP contribution in [0, 0.1) is 0 Å². The molecule has 0 N–H and O–H groups in total. The number of piperidine rings is 1. The maximum atomic E-state index is 14.4. The van der Waals surface area contributed by atoms with Gasteiger partial charge in [0.1, 0.15) is 0 Å². The minimum atomic E-state index is -3.89. The molecule has 0 aromatic heterocycles. The van der Waals surface area contributed by atoms with Crippen LogP contribution in [0.15, 0.2) is 95.1 Å². The number of nitrogens with zero attached hydrogens (tertiary/aromatic N) is 2. The molecule has 0 saturated carbocycles.